The number of fused-ring (bicyclic) bond motifs is 1. The van der Waals surface area contributed by atoms with Crippen molar-refractivity contribution in [2.75, 3.05) is 14.2 Å². The van der Waals surface area contributed by atoms with Gasteiger partial charge in [0.2, 0.25) is 0 Å². The standard InChI is InChI=1S/C17H16INO2/c1-19-12-7-5-4-6-11(12)10-13(19)16-14(20-2)8-9-15(21-3)17(16)18/h4-10H,1-3H3. The van der Waals surface area contributed by atoms with E-state index in [2.05, 4.69) is 64.5 Å². The second-order valence-corrected chi connectivity index (χ2v) is 5.89. The first-order chi connectivity index (χ1) is 10.2. The molecule has 0 amide bonds. The van der Waals surface area contributed by atoms with Gasteiger partial charge in [0.05, 0.1) is 29.0 Å². The molecule has 0 atom stereocenters. The molecule has 2 aromatic carbocycles. The molecule has 1 aromatic heterocycles. The molecule has 0 aliphatic rings. The van der Waals surface area contributed by atoms with Gasteiger partial charge in [-0.1, -0.05) is 18.2 Å². The Kier molecular flexibility index (Phi) is 3.80. The van der Waals surface area contributed by atoms with Crippen molar-refractivity contribution in [2.24, 2.45) is 7.05 Å². The zero-order valence-corrected chi connectivity index (χ0v) is 14.3. The third-order valence-electron chi connectivity index (χ3n) is 3.72. The van der Waals surface area contributed by atoms with Crippen molar-refractivity contribution < 1.29 is 9.47 Å². The smallest absolute Gasteiger partial charge is 0.133 e. The minimum Gasteiger partial charge on any atom is -0.496 e. The van der Waals surface area contributed by atoms with E-state index in [1.807, 2.05) is 12.1 Å². The second-order valence-electron chi connectivity index (χ2n) is 4.81. The number of ether oxygens (including phenoxy) is 2. The monoisotopic (exact) mass is 393 g/mol. The number of nitrogens with zero attached hydrogens (tertiary/aromatic N) is 1. The Morgan fingerprint density at radius 3 is 2.29 bits per heavy atom. The lowest BCUT2D eigenvalue weighted by Gasteiger charge is -2.14. The molecule has 0 bridgehead atoms. The van der Waals surface area contributed by atoms with Gasteiger partial charge in [-0.3, -0.25) is 0 Å². The molecule has 3 nitrogen and oxygen atoms in total. The average Bonchev–Trinajstić information content (AvgIpc) is 2.84. The molecular formula is C17H16INO2. The molecule has 0 fully saturated rings. The third kappa shape index (κ3) is 2.27. The summed E-state index contributed by atoms with van der Waals surface area (Å²) in [6.07, 6.45) is 0. The van der Waals surface area contributed by atoms with Gasteiger partial charge in [-0.25, -0.2) is 0 Å². The molecule has 0 saturated carbocycles. The van der Waals surface area contributed by atoms with Crippen molar-refractivity contribution in [1.29, 1.82) is 0 Å². The highest BCUT2D eigenvalue weighted by Gasteiger charge is 2.18. The maximum absolute atomic E-state index is 5.56. The molecule has 108 valence electrons. The van der Waals surface area contributed by atoms with Crippen molar-refractivity contribution in [1.82, 2.24) is 4.57 Å². The second kappa shape index (κ2) is 5.60. The summed E-state index contributed by atoms with van der Waals surface area (Å²) in [5.41, 5.74) is 3.39. The summed E-state index contributed by atoms with van der Waals surface area (Å²) in [5.74, 6) is 1.71. The summed E-state index contributed by atoms with van der Waals surface area (Å²) in [4.78, 5) is 0. The molecule has 0 spiro atoms. The summed E-state index contributed by atoms with van der Waals surface area (Å²) in [5, 5.41) is 1.22. The van der Waals surface area contributed by atoms with Crippen LogP contribution in [0.1, 0.15) is 0 Å². The largest absolute Gasteiger partial charge is 0.496 e. The molecule has 3 aromatic rings. The first-order valence-corrected chi connectivity index (χ1v) is 7.70. The van der Waals surface area contributed by atoms with Gasteiger partial charge < -0.3 is 14.0 Å². The fourth-order valence-electron chi connectivity index (χ4n) is 2.63. The fraction of sp³-hybridized carbons (Fsp3) is 0.176. The summed E-state index contributed by atoms with van der Waals surface area (Å²) in [6.45, 7) is 0. The van der Waals surface area contributed by atoms with Gasteiger partial charge in [-0.15, -0.1) is 0 Å². The Labute approximate surface area is 137 Å². The summed E-state index contributed by atoms with van der Waals surface area (Å²) in [6, 6.07) is 14.4. The number of para-hydroxylation sites is 1. The SMILES string of the molecule is COc1ccc(OC)c(-c2cc3ccccc3n2C)c1I. The van der Waals surface area contributed by atoms with Crippen LogP contribution in [0.3, 0.4) is 0 Å². The number of methoxy groups -OCH3 is 2. The molecule has 1 heterocycles. The normalized spacial score (nSPS) is 10.9. The van der Waals surface area contributed by atoms with E-state index in [1.165, 1.54) is 10.9 Å². The van der Waals surface area contributed by atoms with E-state index in [1.54, 1.807) is 14.2 Å². The summed E-state index contributed by atoms with van der Waals surface area (Å²) in [7, 11) is 5.46. The highest BCUT2D eigenvalue weighted by Crippen LogP contribution is 2.40. The molecule has 4 heteroatoms. The Balaban J connectivity index is 2.34. The van der Waals surface area contributed by atoms with Crippen LogP contribution in [-0.4, -0.2) is 18.8 Å². The highest BCUT2D eigenvalue weighted by atomic mass is 127. The molecule has 0 N–H and O–H groups in total. The van der Waals surface area contributed by atoms with Crippen LogP contribution in [0, 0.1) is 3.57 Å². The maximum atomic E-state index is 5.56. The van der Waals surface area contributed by atoms with Crippen LogP contribution < -0.4 is 9.47 Å². The van der Waals surface area contributed by atoms with Gasteiger partial charge in [0, 0.05) is 18.0 Å². The number of aromatic nitrogens is 1. The molecular weight excluding hydrogens is 377 g/mol. The van der Waals surface area contributed by atoms with Gasteiger partial charge in [0.1, 0.15) is 11.5 Å². The molecule has 0 aliphatic carbocycles. The first kappa shape index (κ1) is 14.3. The first-order valence-electron chi connectivity index (χ1n) is 6.62. The molecule has 0 aliphatic heterocycles. The van der Waals surface area contributed by atoms with Crippen LogP contribution in [0.2, 0.25) is 0 Å². The molecule has 21 heavy (non-hydrogen) atoms. The van der Waals surface area contributed by atoms with E-state index >= 15 is 0 Å². The van der Waals surface area contributed by atoms with Crippen LogP contribution in [0.4, 0.5) is 0 Å². The van der Waals surface area contributed by atoms with Crippen LogP contribution >= 0.6 is 22.6 Å². The molecule has 0 radical (unpaired) electrons. The van der Waals surface area contributed by atoms with Crippen molar-refractivity contribution >= 4 is 33.5 Å². The lowest BCUT2D eigenvalue weighted by Crippen LogP contribution is -1.98. The minimum absolute atomic E-state index is 0.853. The van der Waals surface area contributed by atoms with Gasteiger partial charge in [0.15, 0.2) is 0 Å². The summed E-state index contributed by atoms with van der Waals surface area (Å²) < 4.78 is 14.3. The maximum Gasteiger partial charge on any atom is 0.133 e. The van der Waals surface area contributed by atoms with E-state index in [0.29, 0.717) is 0 Å². The number of aryl methyl sites for hydroxylation is 1. The number of benzene rings is 2. The summed E-state index contributed by atoms with van der Waals surface area (Å²) >= 11 is 2.32. The van der Waals surface area contributed by atoms with E-state index in [4.69, 9.17) is 9.47 Å². The predicted octanol–water partition coefficient (Wildman–Crippen LogP) is 4.47. The number of hydrogen-bond acceptors (Lipinski definition) is 2. The Morgan fingerprint density at radius 1 is 0.952 bits per heavy atom. The Hall–Kier alpha value is -1.69. The zero-order chi connectivity index (χ0) is 15.0. The van der Waals surface area contributed by atoms with Gasteiger partial charge >= 0.3 is 0 Å². The van der Waals surface area contributed by atoms with E-state index in [9.17, 15) is 0 Å². The van der Waals surface area contributed by atoms with Crippen molar-refractivity contribution in [2.45, 2.75) is 0 Å². The van der Waals surface area contributed by atoms with Gasteiger partial charge in [0.25, 0.3) is 0 Å². The number of hydrogen-bond donors (Lipinski definition) is 0. The van der Waals surface area contributed by atoms with Crippen molar-refractivity contribution in [3.05, 3.63) is 46.0 Å². The number of rotatable bonds is 3. The van der Waals surface area contributed by atoms with Crippen molar-refractivity contribution in [3.8, 4) is 22.8 Å². The predicted molar refractivity (Wildman–Crippen MR) is 94.2 cm³/mol. The molecule has 0 unspecified atom stereocenters. The van der Waals surface area contributed by atoms with E-state index in [-0.39, 0.29) is 0 Å². The van der Waals surface area contributed by atoms with E-state index in [0.717, 1.165) is 26.3 Å². The van der Waals surface area contributed by atoms with Crippen LogP contribution in [0.5, 0.6) is 11.5 Å². The lowest BCUT2D eigenvalue weighted by atomic mass is 10.1. The Bertz CT molecular complexity index is 808. The van der Waals surface area contributed by atoms with Crippen LogP contribution in [0.15, 0.2) is 42.5 Å². The minimum atomic E-state index is 0.853. The topological polar surface area (TPSA) is 23.4 Å². The molecule has 0 saturated heterocycles. The fourth-order valence-corrected chi connectivity index (χ4v) is 3.58. The number of halogens is 1. The lowest BCUT2D eigenvalue weighted by molar-refractivity contribution is 0.401. The Morgan fingerprint density at radius 2 is 1.62 bits per heavy atom. The zero-order valence-electron chi connectivity index (χ0n) is 12.2. The van der Waals surface area contributed by atoms with Gasteiger partial charge in [-0.05, 0) is 46.9 Å². The van der Waals surface area contributed by atoms with Crippen LogP contribution in [0.25, 0.3) is 22.2 Å². The van der Waals surface area contributed by atoms with Crippen LogP contribution in [-0.2, 0) is 7.05 Å². The third-order valence-corrected chi connectivity index (χ3v) is 4.79. The molecule has 3 rings (SSSR count). The average molecular weight is 393 g/mol. The van der Waals surface area contributed by atoms with E-state index < -0.39 is 0 Å². The highest BCUT2D eigenvalue weighted by molar-refractivity contribution is 14.1. The van der Waals surface area contributed by atoms with Crippen molar-refractivity contribution in [3.63, 3.8) is 0 Å². The van der Waals surface area contributed by atoms with Gasteiger partial charge in [-0.2, -0.15) is 0 Å². The quantitative estimate of drug-likeness (QED) is 0.614.